The molecule has 1 aliphatic rings. The van der Waals surface area contributed by atoms with Gasteiger partial charge in [0.1, 0.15) is 17.5 Å². The van der Waals surface area contributed by atoms with Gasteiger partial charge in [-0.25, -0.2) is 13.8 Å². The molecule has 26 heavy (non-hydrogen) atoms. The first-order valence-corrected chi connectivity index (χ1v) is 8.29. The summed E-state index contributed by atoms with van der Waals surface area (Å²) < 4.78 is 27.3. The summed E-state index contributed by atoms with van der Waals surface area (Å²) in [6.45, 7) is 1.25. The molecule has 3 heterocycles. The lowest BCUT2D eigenvalue weighted by molar-refractivity contribution is 0.237. The molecular weight excluding hydrogens is 338 g/mol. The summed E-state index contributed by atoms with van der Waals surface area (Å²) in [5, 5.41) is 0. The number of nitrogens with one attached hydrogen (secondary N) is 1. The van der Waals surface area contributed by atoms with E-state index in [1.165, 1.54) is 6.07 Å². The van der Waals surface area contributed by atoms with Crippen molar-refractivity contribution >= 4 is 0 Å². The van der Waals surface area contributed by atoms with Gasteiger partial charge in [0.25, 0.3) is 5.56 Å². The van der Waals surface area contributed by atoms with Crippen molar-refractivity contribution in [3.05, 3.63) is 81.5 Å². The lowest BCUT2D eigenvalue weighted by atomic mass is 10.0. The minimum atomic E-state index is -0.466. The van der Waals surface area contributed by atoms with Crippen LogP contribution in [0.4, 0.5) is 8.78 Å². The highest BCUT2D eigenvalue weighted by atomic mass is 19.1. The molecule has 1 N–H and O–H groups in total. The summed E-state index contributed by atoms with van der Waals surface area (Å²) in [6.07, 6.45) is 3.80. The monoisotopic (exact) mass is 354 g/mol. The van der Waals surface area contributed by atoms with Crippen molar-refractivity contribution < 1.29 is 8.78 Å². The molecule has 0 bridgehead atoms. The zero-order chi connectivity index (χ0) is 18.1. The van der Waals surface area contributed by atoms with E-state index in [9.17, 15) is 13.6 Å². The number of H-pyrrole nitrogens is 1. The van der Waals surface area contributed by atoms with E-state index < -0.39 is 11.6 Å². The Morgan fingerprint density at radius 1 is 1.23 bits per heavy atom. The maximum atomic E-state index is 13.9. The van der Waals surface area contributed by atoms with Gasteiger partial charge in [-0.15, -0.1) is 0 Å². The normalized spacial score (nSPS) is 14.2. The van der Waals surface area contributed by atoms with E-state index in [2.05, 4.69) is 15.0 Å². The second-order valence-electron chi connectivity index (χ2n) is 6.28. The smallest absolute Gasteiger partial charge is 0.254 e. The number of fused-ring (bicyclic) bond motifs is 1. The van der Waals surface area contributed by atoms with Gasteiger partial charge >= 0.3 is 0 Å². The fraction of sp³-hybridized carbons (Fsp3) is 0.211. The molecule has 4 rings (SSSR count). The molecule has 3 aromatic rings. The van der Waals surface area contributed by atoms with Crippen molar-refractivity contribution in [3.8, 4) is 11.4 Å². The highest BCUT2D eigenvalue weighted by Gasteiger charge is 2.22. The summed E-state index contributed by atoms with van der Waals surface area (Å²) in [5.41, 5.74) is 2.17. The van der Waals surface area contributed by atoms with E-state index in [1.807, 2.05) is 11.0 Å². The topological polar surface area (TPSA) is 61.9 Å². The summed E-state index contributed by atoms with van der Waals surface area (Å²) in [4.78, 5) is 25.7. The van der Waals surface area contributed by atoms with Crippen LogP contribution in [0.3, 0.4) is 0 Å². The predicted molar refractivity (Wildman–Crippen MR) is 92.3 cm³/mol. The summed E-state index contributed by atoms with van der Waals surface area (Å²) >= 11 is 0. The average Bonchev–Trinajstić information content (AvgIpc) is 2.65. The summed E-state index contributed by atoms with van der Waals surface area (Å²) in [5.74, 6) is -0.444. The average molecular weight is 354 g/mol. The van der Waals surface area contributed by atoms with Crippen LogP contribution < -0.4 is 5.56 Å². The van der Waals surface area contributed by atoms with Crippen molar-refractivity contribution in [1.82, 2.24) is 19.9 Å². The number of benzene rings is 1. The van der Waals surface area contributed by atoms with Crippen LogP contribution in [-0.4, -0.2) is 26.4 Å². The summed E-state index contributed by atoms with van der Waals surface area (Å²) in [7, 11) is 0. The van der Waals surface area contributed by atoms with Gasteiger partial charge in [0, 0.05) is 48.7 Å². The molecule has 0 unspecified atom stereocenters. The van der Waals surface area contributed by atoms with Gasteiger partial charge < -0.3 is 4.98 Å². The van der Waals surface area contributed by atoms with Gasteiger partial charge in [0.15, 0.2) is 0 Å². The van der Waals surface area contributed by atoms with Gasteiger partial charge in [-0.1, -0.05) is 0 Å². The molecule has 0 amide bonds. The van der Waals surface area contributed by atoms with Crippen LogP contribution in [0.25, 0.3) is 11.4 Å². The van der Waals surface area contributed by atoms with Crippen molar-refractivity contribution in [2.45, 2.75) is 19.5 Å². The van der Waals surface area contributed by atoms with Crippen molar-refractivity contribution in [2.75, 3.05) is 6.54 Å². The standard InChI is InChI=1S/C19H16F2N4O/c20-14-3-4-16(21)13(8-14)10-25-7-5-15-17(11-25)23-18(24-19(15)26)12-2-1-6-22-9-12/h1-4,6,8-9H,5,7,10-11H2,(H,23,24,26). The third-order valence-corrected chi connectivity index (χ3v) is 4.49. The molecular formula is C19H16F2N4O. The number of nitrogens with zero attached hydrogens (tertiary/aromatic N) is 3. The van der Waals surface area contributed by atoms with Gasteiger partial charge in [0.05, 0.1) is 5.69 Å². The van der Waals surface area contributed by atoms with Gasteiger partial charge in [-0.3, -0.25) is 14.7 Å². The highest BCUT2D eigenvalue weighted by molar-refractivity contribution is 5.53. The number of aromatic nitrogens is 3. The molecule has 132 valence electrons. The van der Waals surface area contributed by atoms with Gasteiger partial charge in [0.2, 0.25) is 0 Å². The first kappa shape index (κ1) is 16.5. The molecule has 1 aliphatic heterocycles. The van der Waals surface area contributed by atoms with E-state index >= 15 is 0 Å². The number of aromatic amines is 1. The molecule has 7 heteroatoms. The van der Waals surface area contributed by atoms with E-state index in [1.54, 1.807) is 18.5 Å². The lowest BCUT2D eigenvalue weighted by Crippen LogP contribution is -2.35. The Bertz CT molecular complexity index is 1000. The fourth-order valence-electron chi connectivity index (χ4n) is 3.17. The van der Waals surface area contributed by atoms with E-state index in [-0.39, 0.29) is 12.1 Å². The number of rotatable bonds is 3. The van der Waals surface area contributed by atoms with Crippen LogP contribution in [0, 0.1) is 11.6 Å². The van der Waals surface area contributed by atoms with Crippen LogP contribution in [0.5, 0.6) is 0 Å². The van der Waals surface area contributed by atoms with E-state index in [4.69, 9.17) is 0 Å². The van der Waals surface area contributed by atoms with Gasteiger partial charge in [-0.05, 0) is 36.8 Å². The van der Waals surface area contributed by atoms with Crippen LogP contribution in [0.1, 0.15) is 16.8 Å². The molecule has 0 saturated carbocycles. The molecule has 2 aromatic heterocycles. The second kappa shape index (κ2) is 6.76. The van der Waals surface area contributed by atoms with E-state index in [0.717, 1.165) is 17.7 Å². The van der Waals surface area contributed by atoms with Crippen molar-refractivity contribution in [2.24, 2.45) is 0 Å². The molecule has 0 fully saturated rings. The number of pyridine rings is 1. The first-order chi connectivity index (χ1) is 12.6. The van der Waals surface area contributed by atoms with Gasteiger partial charge in [-0.2, -0.15) is 0 Å². The number of halogens is 2. The van der Waals surface area contributed by atoms with Crippen LogP contribution >= 0.6 is 0 Å². The Labute approximate surface area is 148 Å². The Hall–Kier alpha value is -2.93. The number of hydrogen-bond donors (Lipinski definition) is 1. The van der Waals surface area contributed by atoms with E-state index in [0.29, 0.717) is 42.2 Å². The maximum absolute atomic E-state index is 13.9. The molecule has 0 spiro atoms. The minimum Gasteiger partial charge on any atom is -0.306 e. The third-order valence-electron chi connectivity index (χ3n) is 4.49. The largest absolute Gasteiger partial charge is 0.306 e. The molecule has 0 aliphatic carbocycles. The van der Waals surface area contributed by atoms with Crippen LogP contribution in [0.2, 0.25) is 0 Å². The lowest BCUT2D eigenvalue weighted by Gasteiger charge is -2.27. The van der Waals surface area contributed by atoms with Crippen molar-refractivity contribution in [1.29, 1.82) is 0 Å². The molecule has 0 atom stereocenters. The molecule has 1 aromatic carbocycles. The quantitative estimate of drug-likeness (QED) is 0.786. The predicted octanol–water partition coefficient (Wildman–Crippen LogP) is 2.67. The SMILES string of the molecule is O=c1[nH]c(-c2cccnc2)nc2c1CCN(Cc1cc(F)ccc1F)C2. The molecule has 0 radical (unpaired) electrons. The number of hydrogen-bond acceptors (Lipinski definition) is 4. The Kier molecular flexibility index (Phi) is 4.30. The third kappa shape index (κ3) is 3.25. The van der Waals surface area contributed by atoms with Crippen LogP contribution in [0.15, 0.2) is 47.5 Å². The maximum Gasteiger partial charge on any atom is 0.254 e. The Morgan fingerprint density at radius 3 is 2.92 bits per heavy atom. The summed E-state index contributed by atoms with van der Waals surface area (Å²) in [6, 6.07) is 7.03. The van der Waals surface area contributed by atoms with Crippen molar-refractivity contribution in [3.63, 3.8) is 0 Å². The van der Waals surface area contributed by atoms with Crippen LogP contribution in [-0.2, 0) is 19.5 Å². The molecule has 0 saturated heterocycles. The highest BCUT2D eigenvalue weighted by Crippen LogP contribution is 2.20. The second-order valence-corrected chi connectivity index (χ2v) is 6.28. The first-order valence-electron chi connectivity index (χ1n) is 8.29. The Balaban J connectivity index is 1.62. The Morgan fingerprint density at radius 2 is 2.12 bits per heavy atom. The zero-order valence-electron chi connectivity index (χ0n) is 13.9. The minimum absolute atomic E-state index is 0.162. The zero-order valence-corrected chi connectivity index (χ0v) is 13.9. The molecule has 5 nitrogen and oxygen atoms in total. The fourth-order valence-corrected chi connectivity index (χ4v) is 3.17.